The molecule has 1 aromatic rings. The molecule has 1 aromatic carbocycles. The zero-order valence-electron chi connectivity index (χ0n) is 10.7. The summed E-state index contributed by atoms with van der Waals surface area (Å²) < 4.78 is 1.14. The van der Waals surface area contributed by atoms with E-state index < -0.39 is 0 Å². The standard InChI is InChI=1S/C15H22BrN/c1-13(2)12-17-11-5-3-4-6-14-7-9-15(16)10-8-14/h3-4,7-10,13,17H,5-6,11-12H2,1-2H3. The van der Waals surface area contributed by atoms with E-state index in [2.05, 4.69) is 71.5 Å². The first-order valence-electron chi connectivity index (χ1n) is 6.28. The highest BCUT2D eigenvalue weighted by atomic mass is 79.9. The number of hydrogen-bond donors (Lipinski definition) is 1. The van der Waals surface area contributed by atoms with Gasteiger partial charge in [-0.15, -0.1) is 0 Å². The van der Waals surface area contributed by atoms with E-state index in [-0.39, 0.29) is 0 Å². The second kappa shape index (κ2) is 8.48. The summed E-state index contributed by atoms with van der Waals surface area (Å²) in [4.78, 5) is 0. The van der Waals surface area contributed by atoms with Crippen LogP contribution in [-0.2, 0) is 6.42 Å². The molecule has 0 radical (unpaired) electrons. The van der Waals surface area contributed by atoms with E-state index in [0.717, 1.165) is 36.3 Å². The third kappa shape index (κ3) is 7.35. The number of rotatable bonds is 7. The monoisotopic (exact) mass is 295 g/mol. The zero-order chi connectivity index (χ0) is 12.5. The summed E-state index contributed by atoms with van der Waals surface area (Å²) in [6.45, 7) is 6.66. The number of benzene rings is 1. The minimum atomic E-state index is 0.738. The number of allylic oxidation sites excluding steroid dienone is 1. The number of halogens is 1. The predicted octanol–water partition coefficient (Wildman–Crippen LogP) is 4.18. The van der Waals surface area contributed by atoms with Crippen LogP contribution in [0.5, 0.6) is 0 Å². The summed E-state index contributed by atoms with van der Waals surface area (Å²) in [5.41, 5.74) is 1.36. The van der Waals surface area contributed by atoms with E-state index in [1.165, 1.54) is 5.56 Å². The van der Waals surface area contributed by atoms with Gasteiger partial charge in [-0.1, -0.05) is 54.1 Å². The average molecular weight is 296 g/mol. The normalized spacial score (nSPS) is 11.5. The van der Waals surface area contributed by atoms with Crippen molar-refractivity contribution in [3.63, 3.8) is 0 Å². The van der Waals surface area contributed by atoms with Crippen LogP contribution in [0.4, 0.5) is 0 Å². The van der Waals surface area contributed by atoms with Gasteiger partial charge in [-0.3, -0.25) is 0 Å². The molecule has 0 bridgehead atoms. The van der Waals surface area contributed by atoms with Crippen molar-refractivity contribution in [2.75, 3.05) is 13.1 Å². The van der Waals surface area contributed by atoms with Crippen LogP contribution in [0.2, 0.25) is 0 Å². The van der Waals surface area contributed by atoms with Gasteiger partial charge in [-0.05, 0) is 49.5 Å². The first kappa shape index (κ1) is 14.5. The van der Waals surface area contributed by atoms with Gasteiger partial charge in [0.25, 0.3) is 0 Å². The third-order valence-electron chi connectivity index (χ3n) is 2.47. The maximum atomic E-state index is 3.44. The van der Waals surface area contributed by atoms with Gasteiger partial charge in [0, 0.05) is 4.47 Å². The smallest absolute Gasteiger partial charge is 0.0175 e. The second-order valence-electron chi connectivity index (χ2n) is 4.69. The van der Waals surface area contributed by atoms with Gasteiger partial charge >= 0.3 is 0 Å². The van der Waals surface area contributed by atoms with E-state index in [1.54, 1.807) is 0 Å². The maximum Gasteiger partial charge on any atom is 0.0175 e. The molecular formula is C15H22BrN. The summed E-state index contributed by atoms with van der Waals surface area (Å²) in [7, 11) is 0. The largest absolute Gasteiger partial charge is 0.316 e. The lowest BCUT2D eigenvalue weighted by molar-refractivity contribution is 0.556. The van der Waals surface area contributed by atoms with Gasteiger partial charge in [-0.25, -0.2) is 0 Å². The highest BCUT2D eigenvalue weighted by Gasteiger charge is 1.91. The molecule has 0 fully saturated rings. The molecule has 0 spiro atoms. The van der Waals surface area contributed by atoms with Crippen molar-refractivity contribution in [1.82, 2.24) is 5.32 Å². The molecule has 0 aliphatic carbocycles. The van der Waals surface area contributed by atoms with Gasteiger partial charge in [0.15, 0.2) is 0 Å². The lowest BCUT2D eigenvalue weighted by atomic mass is 10.1. The molecule has 0 aromatic heterocycles. The Morgan fingerprint density at radius 2 is 1.88 bits per heavy atom. The molecule has 17 heavy (non-hydrogen) atoms. The Labute approximate surface area is 113 Å². The molecule has 0 unspecified atom stereocenters. The fourth-order valence-electron chi connectivity index (χ4n) is 1.53. The molecule has 0 aliphatic rings. The minimum absolute atomic E-state index is 0.738. The van der Waals surface area contributed by atoms with Crippen molar-refractivity contribution in [3.05, 3.63) is 46.5 Å². The van der Waals surface area contributed by atoms with Crippen LogP contribution in [0, 0.1) is 5.92 Å². The van der Waals surface area contributed by atoms with E-state index >= 15 is 0 Å². The van der Waals surface area contributed by atoms with Gasteiger partial charge in [-0.2, -0.15) is 0 Å². The predicted molar refractivity (Wildman–Crippen MR) is 79.3 cm³/mol. The SMILES string of the molecule is CC(C)CNCCC=CCc1ccc(Br)cc1. The molecule has 0 saturated heterocycles. The quantitative estimate of drug-likeness (QED) is 0.588. The number of nitrogens with one attached hydrogen (secondary N) is 1. The summed E-state index contributed by atoms with van der Waals surface area (Å²) in [6.07, 6.45) is 6.65. The van der Waals surface area contributed by atoms with E-state index in [4.69, 9.17) is 0 Å². The van der Waals surface area contributed by atoms with Crippen LogP contribution in [0.1, 0.15) is 25.8 Å². The van der Waals surface area contributed by atoms with Crippen molar-refractivity contribution in [1.29, 1.82) is 0 Å². The lowest BCUT2D eigenvalue weighted by Gasteiger charge is -2.04. The minimum Gasteiger partial charge on any atom is -0.316 e. The van der Waals surface area contributed by atoms with E-state index in [9.17, 15) is 0 Å². The summed E-state index contributed by atoms with van der Waals surface area (Å²) in [6, 6.07) is 8.50. The summed E-state index contributed by atoms with van der Waals surface area (Å²) in [5.74, 6) is 0.738. The van der Waals surface area contributed by atoms with Gasteiger partial charge in [0.05, 0.1) is 0 Å². The molecule has 0 amide bonds. The molecule has 94 valence electrons. The van der Waals surface area contributed by atoms with Crippen LogP contribution in [-0.4, -0.2) is 13.1 Å². The fourth-order valence-corrected chi connectivity index (χ4v) is 1.80. The van der Waals surface area contributed by atoms with Crippen molar-refractivity contribution in [3.8, 4) is 0 Å². The van der Waals surface area contributed by atoms with Gasteiger partial charge in [0.1, 0.15) is 0 Å². The maximum absolute atomic E-state index is 3.44. The van der Waals surface area contributed by atoms with E-state index in [1.807, 2.05) is 0 Å². The number of hydrogen-bond acceptors (Lipinski definition) is 1. The molecule has 0 aliphatic heterocycles. The van der Waals surface area contributed by atoms with Crippen molar-refractivity contribution >= 4 is 15.9 Å². The molecule has 1 nitrogen and oxygen atoms in total. The first-order valence-corrected chi connectivity index (χ1v) is 7.08. The van der Waals surface area contributed by atoms with Crippen molar-refractivity contribution in [2.45, 2.75) is 26.7 Å². The average Bonchev–Trinajstić information content (AvgIpc) is 2.30. The Kier molecular flexibility index (Phi) is 7.22. The molecule has 2 heteroatoms. The highest BCUT2D eigenvalue weighted by molar-refractivity contribution is 9.10. The Balaban J connectivity index is 2.11. The Morgan fingerprint density at radius 1 is 1.18 bits per heavy atom. The molecule has 1 N–H and O–H groups in total. The Morgan fingerprint density at radius 3 is 2.53 bits per heavy atom. The topological polar surface area (TPSA) is 12.0 Å². The summed E-state index contributed by atoms with van der Waals surface area (Å²) in [5, 5.41) is 3.43. The van der Waals surface area contributed by atoms with Crippen LogP contribution in [0.15, 0.2) is 40.9 Å². The van der Waals surface area contributed by atoms with Crippen molar-refractivity contribution in [2.24, 2.45) is 5.92 Å². The second-order valence-corrected chi connectivity index (χ2v) is 5.60. The first-order chi connectivity index (χ1) is 8.18. The van der Waals surface area contributed by atoms with Gasteiger partial charge < -0.3 is 5.32 Å². The fraction of sp³-hybridized carbons (Fsp3) is 0.467. The lowest BCUT2D eigenvalue weighted by Crippen LogP contribution is -2.20. The third-order valence-corrected chi connectivity index (χ3v) is 3.00. The zero-order valence-corrected chi connectivity index (χ0v) is 12.3. The summed E-state index contributed by atoms with van der Waals surface area (Å²) >= 11 is 3.44. The Bertz CT molecular complexity index is 327. The molecular weight excluding hydrogens is 274 g/mol. The van der Waals surface area contributed by atoms with Gasteiger partial charge in [0.2, 0.25) is 0 Å². The van der Waals surface area contributed by atoms with Crippen LogP contribution in [0.25, 0.3) is 0 Å². The van der Waals surface area contributed by atoms with Crippen LogP contribution < -0.4 is 5.32 Å². The van der Waals surface area contributed by atoms with Crippen LogP contribution in [0.3, 0.4) is 0 Å². The van der Waals surface area contributed by atoms with Crippen LogP contribution >= 0.6 is 15.9 Å². The highest BCUT2D eigenvalue weighted by Crippen LogP contribution is 2.11. The molecule has 0 heterocycles. The molecule has 0 atom stereocenters. The molecule has 1 rings (SSSR count). The van der Waals surface area contributed by atoms with E-state index in [0.29, 0.717) is 0 Å². The molecule has 0 saturated carbocycles. The Hall–Kier alpha value is -0.600. The van der Waals surface area contributed by atoms with Crippen molar-refractivity contribution < 1.29 is 0 Å².